The van der Waals surface area contributed by atoms with E-state index < -0.39 is 5.82 Å². The van der Waals surface area contributed by atoms with Gasteiger partial charge in [-0.05, 0) is 30.2 Å². The second-order valence-corrected chi connectivity index (χ2v) is 4.59. The number of carbonyl (C=O) groups is 1. The van der Waals surface area contributed by atoms with Crippen molar-refractivity contribution in [3.63, 3.8) is 0 Å². The van der Waals surface area contributed by atoms with Gasteiger partial charge in [-0.25, -0.2) is 4.39 Å². The molecule has 110 valence electrons. The van der Waals surface area contributed by atoms with E-state index in [1.54, 1.807) is 6.07 Å². The van der Waals surface area contributed by atoms with Gasteiger partial charge in [0.15, 0.2) is 0 Å². The molecule has 2 rings (SSSR count). The normalized spacial score (nSPS) is 10.2. The minimum atomic E-state index is -0.415. The van der Waals surface area contributed by atoms with Crippen LogP contribution in [-0.4, -0.2) is 13.0 Å². The molecule has 0 fully saturated rings. The number of benzene rings is 2. The number of hydrogen-bond acceptors (Lipinski definition) is 3. The van der Waals surface area contributed by atoms with Crippen LogP contribution < -0.4 is 15.8 Å². The molecule has 0 saturated carbocycles. The Kier molecular flexibility index (Phi) is 4.77. The Hall–Kier alpha value is -2.56. The monoisotopic (exact) mass is 288 g/mol. The number of anilines is 2. The van der Waals surface area contributed by atoms with Crippen molar-refractivity contribution in [3.05, 3.63) is 53.8 Å². The molecule has 3 N–H and O–H groups in total. The molecule has 0 atom stereocenters. The van der Waals surface area contributed by atoms with E-state index >= 15 is 0 Å². The average Bonchev–Trinajstić information content (AvgIpc) is 2.48. The summed E-state index contributed by atoms with van der Waals surface area (Å²) >= 11 is 0. The molecular formula is C16H17FN2O2. The van der Waals surface area contributed by atoms with E-state index in [1.807, 2.05) is 18.2 Å². The van der Waals surface area contributed by atoms with Crippen molar-refractivity contribution < 1.29 is 13.9 Å². The van der Waals surface area contributed by atoms with Crippen LogP contribution in [0.2, 0.25) is 0 Å². The highest BCUT2D eigenvalue weighted by Gasteiger charge is 2.09. The third kappa shape index (κ3) is 3.95. The maximum Gasteiger partial charge on any atom is 0.224 e. The maximum absolute atomic E-state index is 13.1. The van der Waals surface area contributed by atoms with Crippen LogP contribution in [0.1, 0.15) is 12.0 Å². The number of hydrogen-bond donors (Lipinski definition) is 2. The number of rotatable bonds is 5. The lowest BCUT2D eigenvalue weighted by Crippen LogP contribution is -2.13. The van der Waals surface area contributed by atoms with Gasteiger partial charge in [0.05, 0.1) is 12.8 Å². The van der Waals surface area contributed by atoms with Crippen LogP contribution in [0, 0.1) is 5.82 Å². The fourth-order valence-corrected chi connectivity index (χ4v) is 1.99. The zero-order chi connectivity index (χ0) is 15.2. The first-order chi connectivity index (χ1) is 10.1. The van der Waals surface area contributed by atoms with Gasteiger partial charge in [0.2, 0.25) is 5.91 Å². The van der Waals surface area contributed by atoms with Gasteiger partial charge in [-0.1, -0.05) is 18.2 Å². The van der Waals surface area contributed by atoms with Crippen LogP contribution in [0.3, 0.4) is 0 Å². The van der Waals surface area contributed by atoms with Gasteiger partial charge < -0.3 is 15.8 Å². The summed E-state index contributed by atoms with van der Waals surface area (Å²) in [7, 11) is 1.43. The quantitative estimate of drug-likeness (QED) is 0.831. The first-order valence-corrected chi connectivity index (χ1v) is 6.57. The number of halogens is 1. The molecule has 0 unspecified atom stereocenters. The molecule has 0 aliphatic carbocycles. The zero-order valence-electron chi connectivity index (χ0n) is 11.7. The summed E-state index contributed by atoms with van der Waals surface area (Å²) in [4.78, 5) is 11.9. The van der Waals surface area contributed by atoms with E-state index in [0.717, 1.165) is 5.56 Å². The topological polar surface area (TPSA) is 64.3 Å². The summed E-state index contributed by atoms with van der Waals surface area (Å²) in [5.41, 5.74) is 7.88. The Morgan fingerprint density at radius 2 is 2.05 bits per heavy atom. The summed E-state index contributed by atoms with van der Waals surface area (Å²) in [6.07, 6.45) is 0.830. The highest BCUT2D eigenvalue weighted by Crippen LogP contribution is 2.25. The number of amides is 1. The van der Waals surface area contributed by atoms with Crippen LogP contribution in [0.25, 0.3) is 0 Å². The van der Waals surface area contributed by atoms with Crippen molar-refractivity contribution in [2.75, 3.05) is 18.2 Å². The molecule has 0 aliphatic rings. The Morgan fingerprint density at radius 3 is 2.76 bits per heavy atom. The predicted molar refractivity (Wildman–Crippen MR) is 80.8 cm³/mol. The van der Waals surface area contributed by atoms with Crippen LogP contribution >= 0.6 is 0 Å². The largest absolute Gasteiger partial charge is 0.494 e. The van der Waals surface area contributed by atoms with Crippen LogP contribution in [-0.2, 0) is 11.2 Å². The molecule has 0 radical (unpaired) electrons. The molecule has 0 aliphatic heterocycles. The van der Waals surface area contributed by atoms with Gasteiger partial charge in [0.25, 0.3) is 0 Å². The molecule has 4 nitrogen and oxygen atoms in total. The molecule has 5 heteroatoms. The molecule has 1 amide bonds. The third-order valence-corrected chi connectivity index (χ3v) is 3.11. The number of carbonyl (C=O) groups excluding carboxylic acids is 1. The van der Waals surface area contributed by atoms with Crippen LogP contribution in [0.15, 0.2) is 42.5 Å². The Labute approximate surface area is 122 Å². The number of methoxy groups -OCH3 is 1. The van der Waals surface area contributed by atoms with E-state index in [2.05, 4.69) is 5.32 Å². The first-order valence-electron chi connectivity index (χ1n) is 6.57. The van der Waals surface area contributed by atoms with Gasteiger partial charge in [-0.2, -0.15) is 0 Å². The van der Waals surface area contributed by atoms with Crippen molar-refractivity contribution in [1.29, 1.82) is 0 Å². The lowest BCUT2D eigenvalue weighted by Gasteiger charge is -2.10. The Bertz CT molecular complexity index is 644. The number of aryl methyl sites for hydroxylation is 1. The molecule has 2 aromatic carbocycles. The van der Waals surface area contributed by atoms with E-state index in [9.17, 15) is 9.18 Å². The molecule has 0 heterocycles. The molecular weight excluding hydrogens is 271 g/mol. The number of para-hydroxylation sites is 1. The number of nitrogens with two attached hydrogens (primary N) is 1. The van der Waals surface area contributed by atoms with Crippen LogP contribution in [0.4, 0.5) is 15.8 Å². The van der Waals surface area contributed by atoms with E-state index in [4.69, 9.17) is 10.5 Å². The fraction of sp³-hybridized carbons (Fsp3) is 0.188. The summed E-state index contributed by atoms with van der Waals surface area (Å²) in [6, 6.07) is 11.4. The summed E-state index contributed by atoms with van der Waals surface area (Å²) < 4.78 is 18.1. The van der Waals surface area contributed by atoms with Crippen molar-refractivity contribution in [3.8, 4) is 5.75 Å². The third-order valence-electron chi connectivity index (χ3n) is 3.11. The fourth-order valence-electron chi connectivity index (χ4n) is 1.99. The second kappa shape index (κ2) is 6.74. The second-order valence-electron chi connectivity index (χ2n) is 4.59. The van der Waals surface area contributed by atoms with Crippen molar-refractivity contribution >= 4 is 17.3 Å². The molecule has 0 saturated heterocycles. The molecule has 2 aromatic rings. The molecule has 0 spiro atoms. The molecule has 0 aromatic heterocycles. The van der Waals surface area contributed by atoms with Crippen molar-refractivity contribution in [1.82, 2.24) is 0 Å². The Morgan fingerprint density at radius 1 is 1.29 bits per heavy atom. The number of nitrogen functional groups attached to an aromatic ring is 1. The number of nitrogens with one attached hydrogen (secondary N) is 1. The standard InChI is InChI=1S/C16H17FN2O2/c1-21-15-10-12(17)7-8-14(15)19-16(20)9-6-11-4-2-3-5-13(11)18/h2-5,7-8,10H,6,9,18H2,1H3,(H,19,20). The van der Waals surface area contributed by atoms with Crippen LogP contribution in [0.5, 0.6) is 5.75 Å². The van der Waals surface area contributed by atoms with Gasteiger partial charge in [0.1, 0.15) is 11.6 Å². The summed E-state index contributed by atoms with van der Waals surface area (Å²) in [5, 5.41) is 2.71. The maximum atomic E-state index is 13.1. The number of ether oxygens (including phenoxy) is 1. The van der Waals surface area contributed by atoms with Gasteiger partial charge in [-0.3, -0.25) is 4.79 Å². The highest BCUT2D eigenvalue weighted by atomic mass is 19.1. The smallest absolute Gasteiger partial charge is 0.224 e. The van der Waals surface area contributed by atoms with Gasteiger partial charge >= 0.3 is 0 Å². The highest BCUT2D eigenvalue weighted by molar-refractivity contribution is 5.92. The van der Waals surface area contributed by atoms with E-state index in [-0.39, 0.29) is 12.3 Å². The minimum Gasteiger partial charge on any atom is -0.494 e. The minimum absolute atomic E-state index is 0.178. The zero-order valence-corrected chi connectivity index (χ0v) is 11.7. The van der Waals surface area contributed by atoms with Gasteiger partial charge in [-0.15, -0.1) is 0 Å². The average molecular weight is 288 g/mol. The van der Waals surface area contributed by atoms with Crippen molar-refractivity contribution in [2.45, 2.75) is 12.8 Å². The SMILES string of the molecule is COc1cc(F)ccc1NC(=O)CCc1ccccc1N. The van der Waals surface area contributed by atoms with E-state index in [1.165, 1.54) is 25.3 Å². The molecule has 0 bridgehead atoms. The molecule has 21 heavy (non-hydrogen) atoms. The summed E-state index contributed by atoms with van der Waals surface area (Å²) in [5.74, 6) is -0.298. The predicted octanol–water partition coefficient (Wildman–Crippen LogP) is 2.99. The Balaban J connectivity index is 1.98. The summed E-state index contributed by atoms with van der Waals surface area (Å²) in [6.45, 7) is 0. The van der Waals surface area contributed by atoms with Crippen molar-refractivity contribution in [2.24, 2.45) is 0 Å². The van der Waals surface area contributed by atoms with E-state index in [0.29, 0.717) is 23.5 Å². The lowest BCUT2D eigenvalue weighted by atomic mass is 10.1. The van der Waals surface area contributed by atoms with Gasteiger partial charge in [0, 0.05) is 18.2 Å². The lowest BCUT2D eigenvalue weighted by molar-refractivity contribution is -0.116. The first kappa shape index (κ1) is 14.8.